The van der Waals surface area contributed by atoms with Crippen molar-refractivity contribution in [2.24, 2.45) is 0 Å². The molecule has 0 bridgehead atoms. The Morgan fingerprint density at radius 2 is 2.09 bits per heavy atom. The number of imidazole rings is 1. The van der Waals surface area contributed by atoms with Crippen molar-refractivity contribution in [3.8, 4) is 11.5 Å². The van der Waals surface area contributed by atoms with Crippen molar-refractivity contribution in [3.63, 3.8) is 0 Å². The second kappa shape index (κ2) is 4.98. The minimum Gasteiger partial charge on any atom is -0.454 e. The van der Waals surface area contributed by atoms with Crippen LogP contribution in [0.1, 0.15) is 10.4 Å². The van der Waals surface area contributed by atoms with Crippen LogP contribution in [0.2, 0.25) is 0 Å². The number of H-pyrrole nitrogens is 1. The van der Waals surface area contributed by atoms with E-state index in [4.69, 9.17) is 9.47 Å². The largest absolute Gasteiger partial charge is 0.454 e. The van der Waals surface area contributed by atoms with E-state index in [1.54, 1.807) is 25.2 Å². The number of hydrogen-bond acceptors (Lipinski definition) is 4. The molecular formula is C16H12FN3O3. The van der Waals surface area contributed by atoms with E-state index < -0.39 is 5.82 Å². The summed E-state index contributed by atoms with van der Waals surface area (Å²) in [7, 11) is 1.61. The minimum absolute atomic E-state index is 0.161. The summed E-state index contributed by atoms with van der Waals surface area (Å²) in [6.07, 6.45) is 1.43. The van der Waals surface area contributed by atoms with Gasteiger partial charge in [-0.05, 0) is 24.3 Å². The molecule has 1 N–H and O–H groups in total. The Labute approximate surface area is 130 Å². The highest BCUT2D eigenvalue weighted by Crippen LogP contribution is 2.35. The molecule has 116 valence electrons. The maximum atomic E-state index is 13.7. The molecule has 0 saturated heterocycles. The molecule has 0 saturated carbocycles. The fourth-order valence-electron chi connectivity index (χ4n) is 2.57. The Bertz CT molecular complexity index is 922. The summed E-state index contributed by atoms with van der Waals surface area (Å²) in [5, 5.41) is 0. The van der Waals surface area contributed by atoms with Gasteiger partial charge in [-0.2, -0.15) is 0 Å². The third-order valence-electron chi connectivity index (χ3n) is 3.77. The fourth-order valence-corrected chi connectivity index (χ4v) is 2.57. The lowest BCUT2D eigenvalue weighted by Crippen LogP contribution is -2.26. The van der Waals surface area contributed by atoms with E-state index in [9.17, 15) is 9.18 Å². The van der Waals surface area contributed by atoms with Gasteiger partial charge < -0.3 is 19.4 Å². The number of carbonyl (C=O) groups is 1. The average Bonchev–Trinajstić information content (AvgIpc) is 3.20. The van der Waals surface area contributed by atoms with Crippen LogP contribution in [0, 0.1) is 5.82 Å². The SMILES string of the molecule is CN(C(=O)c1cc(F)cc2[nH]cnc12)c1ccc2c(c1)OCO2. The van der Waals surface area contributed by atoms with E-state index in [1.807, 2.05) is 0 Å². The Hall–Kier alpha value is -3.09. The number of fused-ring (bicyclic) bond motifs is 2. The highest BCUT2D eigenvalue weighted by Gasteiger charge is 2.21. The Morgan fingerprint density at radius 3 is 2.96 bits per heavy atom. The summed E-state index contributed by atoms with van der Waals surface area (Å²) in [6, 6.07) is 7.68. The van der Waals surface area contributed by atoms with Crippen molar-refractivity contribution < 1.29 is 18.7 Å². The number of anilines is 1. The van der Waals surface area contributed by atoms with Gasteiger partial charge in [0, 0.05) is 18.8 Å². The minimum atomic E-state index is -0.496. The summed E-state index contributed by atoms with van der Waals surface area (Å²) in [5.74, 6) is 0.353. The predicted molar refractivity (Wildman–Crippen MR) is 81.4 cm³/mol. The smallest absolute Gasteiger partial charge is 0.260 e. The highest BCUT2D eigenvalue weighted by atomic mass is 19.1. The van der Waals surface area contributed by atoms with E-state index in [0.29, 0.717) is 28.2 Å². The zero-order valence-corrected chi connectivity index (χ0v) is 12.2. The second-order valence-corrected chi connectivity index (χ2v) is 5.15. The van der Waals surface area contributed by atoms with Gasteiger partial charge in [0.05, 0.1) is 17.4 Å². The van der Waals surface area contributed by atoms with E-state index in [1.165, 1.54) is 23.4 Å². The molecule has 1 amide bonds. The van der Waals surface area contributed by atoms with Gasteiger partial charge in [0.1, 0.15) is 11.3 Å². The number of amides is 1. The first-order valence-corrected chi connectivity index (χ1v) is 6.94. The van der Waals surface area contributed by atoms with Crippen LogP contribution in [-0.2, 0) is 0 Å². The first-order valence-electron chi connectivity index (χ1n) is 6.94. The Morgan fingerprint density at radius 1 is 1.26 bits per heavy atom. The van der Waals surface area contributed by atoms with E-state index >= 15 is 0 Å². The second-order valence-electron chi connectivity index (χ2n) is 5.15. The standard InChI is InChI=1S/C16H12FN3O3/c1-20(10-2-3-13-14(6-10)23-8-22-13)16(21)11-4-9(17)5-12-15(11)19-7-18-12/h2-7H,8H2,1H3,(H,18,19). The van der Waals surface area contributed by atoms with Crippen LogP contribution in [0.25, 0.3) is 11.0 Å². The molecule has 0 unspecified atom stereocenters. The zero-order chi connectivity index (χ0) is 16.0. The zero-order valence-electron chi connectivity index (χ0n) is 12.2. The number of ether oxygens (including phenoxy) is 2. The molecule has 0 fully saturated rings. The van der Waals surface area contributed by atoms with Gasteiger partial charge in [0.2, 0.25) is 6.79 Å². The highest BCUT2D eigenvalue weighted by molar-refractivity contribution is 6.12. The van der Waals surface area contributed by atoms with Gasteiger partial charge in [0.15, 0.2) is 11.5 Å². The quantitative estimate of drug-likeness (QED) is 0.790. The lowest BCUT2D eigenvalue weighted by molar-refractivity contribution is 0.0994. The monoisotopic (exact) mass is 313 g/mol. The molecule has 23 heavy (non-hydrogen) atoms. The molecule has 0 radical (unpaired) electrons. The number of halogens is 1. The van der Waals surface area contributed by atoms with Gasteiger partial charge in [0.25, 0.3) is 5.91 Å². The fraction of sp³-hybridized carbons (Fsp3) is 0.125. The summed E-state index contributed by atoms with van der Waals surface area (Å²) in [5.41, 5.74) is 1.73. The van der Waals surface area contributed by atoms with Crippen LogP contribution < -0.4 is 14.4 Å². The summed E-state index contributed by atoms with van der Waals surface area (Å²) in [4.78, 5) is 21.1. The third kappa shape index (κ3) is 2.17. The van der Waals surface area contributed by atoms with Crippen molar-refractivity contribution in [1.82, 2.24) is 9.97 Å². The Balaban J connectivity index is 1.74. The van der Waals surface area contributed by atoms with Crippen LogP contribution >= 0.6 is 0 Å². The number of aromatic amines is 1. The topological polar surface area (TPSA) is 67.5 Å². The molecule has 3 aromatic rings. The molecule has 0 spiro atoms. The van der Waals surface area contributed by atoms with Gasteiger partial charge in [-0.3, -0.25) is 4.79 Å². The number of carbonyl (C=O) groups excluding carboxylic acids is 1. The first kappa shape index (κ1) is 13.6. The maximum absolute atomic E-state index is 13.7. The molecule has 1 aromatic heterocycles. The average molecular weight is 313 g/mol. The van der Waals surface area contributed by atoms with Crippen LogP contribution in [-0.4, -0.2) is 29.7 Å². The van der Waals surface area contributed by atoms with Gasteiger partial charge in [-0.1, -0.05) is 0 Å². The first-order chi connectivity index (χ1) is 11.1. The van der Waals surface area contributed by atoms with Gasteiger partial charge in [-0.15, -0.1) is 0 Å². The third-order valence-corrected chi connectivity index (χ3v) is 3.77. The summed E-state index contributed by atoms with van der Waals surface area (Å²) < 4.78 is 24.3. The van der Waals surface area contributed by atoms with Crippen molar-refractivity contribution in [1.29, 1.82) is 0 Å². The molecular weight excluding hydrogens is 301 g/mol. The van der Waals surface area contributed by atoms with E-state index in [0.717, 1.165) is 0 Å². The molecule has 1 aliphatic rings. The molecule has 0 aliphatic carbocycles. The number of nitrogens with zero attached hydrogens (tertiary/aromatic N) is 2. The maximum Gasteiger partial charge on any atom is 0.260 e. The van der Waals surface area contributed by atoms with Crippen molar-refractivity contribution in [2.45, 2.75) is 0 Å². The van der Waals surface area contributed by atoms with Gasteiger partial charge in [-0.25, -0.2) is 9.37 Å². The van der Waals surface area contributed by atoms with Crippen LogP contribution in [0.15, 0.2) is 36.7 Å². The number of nitrogens with one attached hydrogen (secondary N) is 1. The number of hydrogen-bond donors (Lipinski definition) is 1. The van der Waals surface area contributed by atoms with Crippen LogP contribution in [0.5, 0.6) is 11.5 Å². The summed E-state index contributed by atoms with van der Waals surface area (Å²) >= 11 is 0. The van der Waals surface area contributed by atoms with Crippen LogP contribution in [0.4, 0.5) is 10.1 Å². The lowest BCUT2D eigenvalue weighted by Gasteiger charge is -2.18. The summed E-state index contributed by atoms with van der Waals surface area (Å²) in [6.45, 7) is 0.161. The molecule has 7 heteroatoms. The molecule has 2 aromatic carbocycles. The van der Waals surface area contributed by atoms with E-state index in [-0.39, 0.29) is 18.3 Å². The normalized spacial score (nSPS) is 12.6. The molecule has 2 heterocycles. The van der Waals surface area contributed by atoms with Crippen LogP contribution in [0.3, 0.4) is 0 Å². The predicted octanol–water partition coefficient (Wildman–Crippen LogP) is 2.71. The lowest BCUT2D eigenvalue weighted by atomic mass is 10.1. The molecule has 6 nitrogen and oxygen atoms in total. The van der Waals surface area contributed by atoms with Gasteiger partial charge >= 0.3 is 0 Å². The van der Waals surface area contributed by atoms with Crippen molar-refractivity contribution >= 4 is 22.6 Å². The van der Waals surface area contributed by atoms with E-state index in [2.05, 4.69) is 9.97 Å². The van der Waals surface area contributed by atoms with Crippen molar-refractivity contribution in [2.75, 3.05) is 18.7 Å². The Kier molecular flexibility index (Phi) is 2.94. The molecule has 1 aliphatic heterocycles. The number of aromatic nitrogens is 2. The number of benzene rings is 2. The number of rotatable bonds is 2. The molecule has 4 rings (SSSR count). The molecule has 0 atom stereocenters. The van der Waals surface area contributed by atoms with Crippen molar-refractivity contribution in [3.05, 3.63) is 48.0 Å².